The molecule has 2 heterocycles. The molecule has 0 saturated carbocycles. The fourth-order valence-corrected chi connectivity index (χ4v) is 2.79. The Morgan fingerprint density at radius 2 is 2.42 bits per heavy atom. The van der Waals surface area contributed by atoms with Gasteiger partial charge in [-0.05, 0) is 12.3 Å². The van der Waals surface area contributed by atoms with E-state index in [1.54, 1.807) is 6.20 Å². The van der Waals surface area contributed by atoms with Gasteiger partial charge in [-0.3, -0.25) is 4.79 Å². The van der Waals surface area contributed by atoms with Crippen LogP contribution >= 0.6 is 0 Å². The molecule has 1 fully saturated rings. The summed E-state index contributed by atoms with van der Waals surface area (Å²) in [5, 5.41) is 3.57. The van der Waals surface area contributed by atoms with Crippen molar-refractivity contribution in [1.29, 1.82) is 0 Å². The summed E-state index contributed by atoms with van der Waals surface area (Å²) in [6.45, 7) is 6.67. The standard InChI is InChI=1S/C14H24N4O/c1-3-11-10-18(14(19)4-2)8-5-12(11)17-9-13-15-6-7-16-13/h6-7,11-12,17H,3-5,8-10H2,1-2H3,(H,15,16)/t11-,12-/m1/s1. The summed E-state index contributed by atoms with van der Waals surface area (Å²) < 4.78 is 0. The SMILES string of the molecule is CCC(=O)N1CC[C@@H](NCc2ncc[nH]2)[C@H](CC)C1. The van der Waals surface area contributed by atoms with E-state index in [0.717, 1.165) is 38.3 Å². The van der Waals surface area contributed by atoms with Gasteiger partial charge in [-0.15, -0.1) is 0 Å². The smallest absolute Gasteiger partial charge is 0.222 e. The number of hydrogen-bond acceptors (Lipinski definition) is 3. The van der Waals surface area contributed by atoms with Crippen LogP contribution in [0.1, 0.15) is 38.9 Å². The van der Waals surface area contributed by atoms with Crippen molar-refractivity contribution >= 4 is 5.91 Å². The number of amides is 1. The zero-order chi connectivity index (χ0) is 13.7. The van der Waals surface area contributed by atoms with Crippen LogP contribution < -0.4 is 5.32 Å². The van der Waals surface area contributed by atoms with Crippen molar-refractivity contribution in [1.82, 2.24) is 20.2 Å². The highest BCUT2D eigenvalue weighted by Gasteiger charge is 2.29. The molecule has 5 nitrogen and oxygen atoms in total. The second-order valence-corrected chi connectivity index (χ2v) is 5.17. The average molecular weight is 264 g/mol. The van der Waals surface area contributed by atoms with E-state index in [2.05, 4.69) is 22.2 Å². The highest BCUT2D eigenvalue weighted by molar-refractivity contribution is 5.75. The van der Waals surface area contributed by atoms with Crippen LogP contribution in [0.15, 0.2) is 12.4 Å². The first-order valence-electron chi connectivity index (χ1n) is 7.24. The molecule has 0 spiro atoms. The number of imidazole rings is 1. The summed E-state index contributed by atoms with van der Waals surface area (Å²) in [6, 6.07) is 0.482. The lowest BCUT2D eigenvalue weighted by molar-refractivity contribution is -0.133. The number of rotatable bonds is 5. The molecule has 2 N–H and O–H groups in total. The summed E-state index contributed by atoms with van der Waals surface area (Å²) in [7, 11) is 0. The highest BCUT2D eigenvalue weighted by Crippen LogP contribution is 2.21. The lowest BCUT2D eigenvalue weighted by Crippen LogP contribution is -2.50. The van der Waals surface area contributed by atoms with Crippen molar-refractivity contribution in [2.45, 2.75) is 45.7 Å². The first-order chi connectivity index (χ1) is 9.24. The van der Waals surface area contributed by atoms with E-state index in [-0.39, 0.29) is 5.91 Å². The number of likely N-dealkylation sites (tertiary alicyclic amines) is 1. The van der Waals surface area contributed by atoms with Crippen molar-refractivity contribution in [3.05, 3.63) is 18.2 Å². The average Bonchev–Trinajstić information content (AvgIpc) is 2.97. The van der Waals surface area contributed by atoms with E-state index in [1.807, 2.05) is 18.0 Å². The van der Waals surface area contributed by atoms with Gasteiger partial charge in [0.25, 0.3) is 0 Å². The number of piperidine rings is 1. The molecule has 0 unspecified atom stereocenters. The zero-order valence-corrected chi connectivity index (χ0v) is 11.9. The zero-order valence-electron chi connectivity index (χ0n) is 11.9. The predicted molar refractivity (Wildman–Crippen MR) is 74.5 cm³/mol. The Labute approximate surface area is 114 Å². The maximum absolute atomic E-state index is 11.8. The first kappa shape index (κ1) is 14.1. The molecule has 2 rings (SSSR count). The summed E-state index contributed by atoms with van der Waals surface area (Å²) in [5.41, 5.74) is 0. The number of aromatic amines is 1. The third kappa shape index (κ3) is 3.56. The van der Waals surface area contributed by atoms with Gasteiger partial charge >= 0.3 is 0 Å². The maximum Gasteiger partial charge on any atom is 0.222 e. The van der Waals surface area contributed by atoms with Crippen LogP contribution in [0.4, 0.5) is 0 Å². The molecule has 0 bridgehead atoms. The van der Waals surface area contributed by atoms with E-state index in [9.17, 15) is 4.79 Å². The Kier molecular flexibility index (Phi) is 4.96. The van der Waals surface area contributed by atoms with Crippen molar-refractivity contribution in [3.63, 3.8) is 0 Å². The number of carbonyl (C=O) groups is 1. The molecule has 1 aromatic rings. The van der Waals surface area contributed by atoms with Crippen LogP contribution in [-0.4, -0.2) is 39.9 Å². The van der Waals surface area contributed by atoms with Gasteiger partial charge in [0.05, 0.1) is 6.54 Å². The molecule has 1 aliphatic heterocycles. The van der Waals surface area contributed by atoms with Gasteiger partial charge in [0, 0.05) is 37.9 Å². The number of aromatic nitrogens is 2. The molecule has 0 radical (unpaired) electrons. The third-order valence-electron chi connectivity index (χ3n) is 4.00. The number of nitrogens with zero attached hydrogens (tertiary/aromatic N) is 2. The highest BCUT2D eigenvalue weighted by atomic mass is 16.2. The molecule has 5 heteroatoms. The van der Waals surface area contributed by atoms with E-state index in [4.69, 9.17) is 0 Å². The predicted octanol–water partition coefficient (Wildman–Crippen LogP) is 1.54. The van der Waals surface area contributed by atoms with Crippen LogP contribution in [0.2, 0.25) is 0 Å². The second kappa shape index (κ2) is 6.70. The normalized spacial score (nSPS) is 23.6. The molecule has 19 heavy (non-hydrogen) atoms. The summed E-state index contributed by atoms with van der Waals surface area (Å²) in [5.74, 6) is 1.80. The number of hydrogen-bond donors (Lipinski definition) is 2. The Bertz CT molecular complexity index is 390. The van der Waals surface area contributed by atoms with Crippen molar-refractivity contribution in [3.8, 4) is 0 Å². The van der Waals surface area contributed by atoms with Gasteiger partial charge in [0.2, 0.25) is 5.91 Å². The lowest BCUT2D eigenvalue weighted by Gasteiger charge is -2.38. The largest absolute Gasteiger partial charge is 0.348 e. The van der Waals surface area contributed by atoms with Crippen LogP contribution in [0.5, 0.6) is 0 Å². The minimum atomic E-state index is 0.280. The molecule has 2 atom stereocenters. The fraction of sp³-hybridized carbons (Fsp3) is 0.714. The second-order valence-electron chi connectivity index (χ2n) is 5.17. The monoisotopic (exact) mass is 264 g/mol. The Morgan fingerprint density at radius 3 is 3.05 bits per heavy atom. The van der Waals surface area contributed by atoms with Gasteiger partial charge in [0.15, 0.2) is 0 Å². The maximum atomic E-state index is 11.8. The minimum absolute atomic E-state index is 0.280. The molecule has 0 aromatic carbocycles. The van der Waals surface area contributed by atoms with Crippen molar-refractivity contribution in [2.75, 3.05) is 13.1 Å². The van der Waals surface area contributed by atoms with Crippen LogP contribution in [0.3, 0.4) is 0 Å². The van der Waals surface area contributed by atoms with Crippen molar-refractivity contribution < 1.29 is 4.79 Å². The molecular formula is C14H24N4O. The van der Waals surface area contributed by atoms with E-state index in [0.29, 0.717) is 18.4 Å². The van der Waals surface area contributed by atoms with Gasteiger partial charge in [0.1, 0.15) is 5.82 Å². The van der Waals surface area contributed by atoms with Crippen molar-refractivity contribution in [2.24, 2.45) is 5.92 Å². The minimum Gasteiger partial charge on any atom is -0.348 e. The molecule has 0 aliphatic carbocycles. The summed E-state index contributed by atoms with van der Waals surface area (Å²) >= 11 is 0. The lowest BCUT2D eigenvalue weighted by atomic mass is 9.89. The molecule has 1 amide bonds. The molecular weight excluding hydrogens is 240 g/mol. The van der Waals surface area contributed by atoms with Crippen LogP contribution in [0, 0.1) is 5.92 Å². The first-order valence-corrected chi connectivity index (χ1v) is 7.24. The van der Waals surface area contributed by atoms with Gasteiger partial charge < -0.3 is 15.2 Å². The number of H-pyrrole nitrogens is 1. The summed E-state index contributed by atoms with van der Waals surface area (Å²) in [6.07, 6.45) is 6.36. The quantitative estimate of drug-likeness (QED) is 0.848. The molecule has 1 aliphatic rings. The molecule has 1 saturated heterocycles. The van der Waals surface area contributed by atoms with Gasteiger partial charge in [-0.25, -0.2) is 4.98 Å². The van der Waals surface area contributed by atoms with E-state index < -0.39 is 0 Å². The van der Waals surface area contributed by atoms with E-state index in [1.165, 1.54) is 0 Å². The number of carbonyl (C=O) groups excluding carboxylic acids is 1. The summed E-state index contributed by atoms with van der Waals surface area (Å²) in [4.78, 5) is 21.1. The fourth-order valence-electron chi connectivity index (χ4n) is 2.79. The Balaban J connectivity index is 1.86. The molecule has 106 valence electrons. The topological polar surface area (TPSA) is 61.0 Å². The number of nitrogens with one attached hydrogen (secondary N) is 2. The third-order valence-corrected chi connectivity index (χ3v) is 4.00. The Hall–Kier alpha value is -1.36. The molecule has 1 aromatic heterocycles. The van der Waals surface area contributed by atoms with Gasteiger partial charge in [-0.1, -0.05) is 20.3 Å². The van der Waals surface area contributed by atoms with E-state index >= 15 is 0 Å². The van der Waals surface area contributed by atoms with Crippen LogP contribution in [0.25, 0.3) is 0 Å². The Morgan fingerprint density at radius 1 is 1.58 bits per heavy atom. The van der Waals surface area contributed by atoms with Crippen LogP contribution in [-0.2, 0) is 11.3 Å². The van der Waals surface area contributed by atoms with Gasteiger partial charge in [-0.2, -0.15) is 0 Å².